The van der Waals surface area contributed by atoms with Crippen LogP contribution in [0.2, 0.25) is 0 Å². The van der Waals surface area contributed by atoms with E-state index >= 15 is 0 Å². The number of ether oxygens (including phenoxy) is 1. The van der Waals surface area contributed by atoms with Gasteiger partial charge >= 0.3 is 0 Å². The summed E-state index contributed by atoms with van der Waals surface area (Å²) < 4.78 is 6.32. The van der Waals surface area contributed by atoms with E-state index in [1.165, 1.54) is 0 Å². The van der Waals surface area contributed by atoms with Crippen molar-refractivity contribution in [1.82, 2.24) is 0 Å². The highest BCUT2D eigenvalue weighted by Gasteiger charge is 2.75. The molecule has 1 saturated heterocycles. The molecule has 0 aromatic carbocycles. The Labute approximate surface area is 145 Å². The summed E-state index contributed by atoms with van der Waals surface area (Å²) >= 11 is 0. The van der Waals surface area contributed by atoms with Crippen molar-refractivity contribution in [3.63, 3.8) is 0 Å². The lowest BCUT2D eigenvalue weighted by Gasteiger charge is -2.68. The highest BCUT2D eigenvalue weighted by atomic mass is 16.5. The Morgan fingerprint density at radius 2 is 1.79 bits per heavy atom. The maximum absolute atomic E-state index is 13.3. The topological polar surface area (TPSA) is 66.8 Å². The normalized spacial score (nSPS) is 53.9. The van der Waals surface area contributed by atoms with E-state index in [1.807, 2.05) is 20.8 Å². The molecule has 0 radical (unpaired) electrons. The van der Waals surface area contributed by atoms with Gasteiger partial charge in [-0.2, -0.15) is 0 Å². The number of carbonyl (C=O) groups excluding carboxylic acids is 1. The molecule has 0 spiro atoms. The second kappa shape index (κ2) is 4.93. The summed E-state index contributed by atoms with van der Waals surface area (Å²) in [6.45, 7) is 13.8. The number of Topliss-reactive ketones (excluding diaryl/α,β-unsaturated/α-hetero) is 1. The zero-order valence-electron chi connectivity index (χ0n) is 15.7. The number of ketones is 1. The van der Waals surface area contributed by atoms with E-state index in [0.717, 1.165) is 12.8 Å². The summed E-state index contributed by atoms with van der Waals surface area (Å²) in [5, 5.41) is 22.8. The molecule has 136 valence electrons. The number of hydrogen-bond donors (Lipinski definition) is 2. The van der Waals surface area contributed by atoms with Gasteiger partial charge in [0.05, 0.1) is 11.7 Å². The van der Waals surface area contributed by atoms with Crippen LogP contribution >= 0.6 is 0 Å². The molecule has 0 aromatic rings. The number of carbonyl (C=O) groups is 1. The molecule has 0 amide bonds. The van der Waals surface area contributed by atoms with Gasteiger partial charge in [-0.15, -0.1) is 6.58 Å². The molecule has 3 rings (SSSR count). The minimum atomic E-state index is -1.68. The van der Waals surface area contributed by atoms with Crippen LogP contribution in [0, 0.1) is 16.7 Å². The second-order valence-corrected chi connectivity index (χ2v) is 9.58. The minimum Gasteiger partial charge on any atom is -0.392 e. The van der Waals surface area contributed by atoms with Gasteiger partial charge < -0.3 is 14.9 Å². The Kier molecular flexibility index (Phi) is 3.71. The first kappa shape index (κ1) is 18.1. The van der Waals surface area contributed by atoms with Crippen LogP contribution in [0.15, 0.2) is 12.7 Å². The summed E-state index contributed by atoms with van der Waals surface area (Å²) in [5.41, 5.74) is -4.38. The molecule has 6 atom stereocenters. The fourth-order valence-electron chi connectivity index (χ4n) is 6.21. The van der Waals surface area contributed by atoms with Crippen LogP contribution in [0.3, 0.4) is 0 Å². The van der Waals surface area contributed by atoms with E-state index in [-0.39, 0.29) is 23.5 Å². The van der Waals surface area contributed by atoms with E-state index < -0.39 is 28.3 Å². The van der Waals surface area contributed by atoms with Crippen LogP contribution in [0.1, 0.15) is 66.7 Å². The van der Waals surface area contributed by atoms with Crippen LogP contribution in [-0.2, 0) is 9.53 Å². The molecule has 0 aromatic heterocycles. The third-order valence-corrected chi connectivity index (χ3v) is 7.68. The van der Waals surface area contributed by atoms with Crippen LogP contribution in [0.25, 0.3) is 0 Å². The quantitative estimate of drug-likeness (QED) is 0.722. The maximum Gasteiger partial charge on any atom is 0.171 e. The zero-order chi connectivity index (χ0) is 18.2. The van der Waals surface area contributed by atoms with Crippen LogP contribution in [0.4, 0.5) is 0 Å². The van der Waals surface area contributed by atoms with Crippen LogP contribution in [-0.4, -0.2) is 38.9 Å². The van der Waals surface area contributed by atoms with Crippen LogP contribution < -0.4 is 0 Å². The Balaban J connectivity index is 2.17. The van der Waals surface area contributed by atoms with E-state index in [0.29, 0.717) is 12.8 Å². The van der Waals surface area contributed by atoms with Gasteiger partial charge in [-0.3, -0.25) is 4.79 Å². The van der Waals surface area contributed by atoms with E-state index in [2.05, 4.69) is 20.4 Å². The SMILES string of the molecule is C=C[C@@]1(C)CC(=O)[C@]2(O)[C@@]3(C)[C@@H](O)CCC(C)(C)[C@@H]3CC[C@@]2(C)O1. The molecular weight excluding hydrogens is 304 g/mol. The summed E-state index contributed by atoms with van der Waals surface area (Å²) in [6, 6.07) is 0. The second-order valence-electron chi connectivity index (χ2n) is 9.58. The first-order valence-corrected chi connectivity index (χ1v) is 9.14. The molecule has 24 heavy (non-hydrogen) atoms. The lowest BCUT2D eigenvalue weighted by Crippen LogP contribution is -2.80. The van der Waals surface area contributed by atoms with Gasteiger partial charge in [-0.25, -0.2) is 0 Å². The van der Waals surface area contributed by atoms with Gasteiger partial charge in [0.15, 0.2) is 11.4 Å². The Morgan fingerprint density at radius 3 is 2.38 bits per heavy atom. The monoisotopic (exact) mass is 336 g/mol. The number of fused-ring (bicyclic) bond motifs is 3. The average molecular weight is 336 g/mol. The standard InChI is InChI=1S/C20H32O4/c1-7-17(4)12-15(22)20(23)18(5,24-17)11-8-13-16(2,3)10-9-14(21)19(13,20)6/h7,13-14,21,23H,1,8-12H2,2-6H3/t13-,14-,17-,18+,19+,20+/m0/s1. The van der Waals surface area contributed by atoms with E-state index in [4.69, 9.17) is 4.74 Å². The Hall–Kier alpha value is -0.710. The molecule has 0 unspecified atom stereocenters. The highest BCUT2D eigenvalue weighted by molar-refractivity contribution is 5.92. The van der Waals surface area contributed by atoms with Crippen molar-refractivity contribution in [2.75, 3.05) is 0 Å². The first-order valence-electron chi connectivity index (χ1n) is 9.14. The molecule has 3 aliphatic rings. The van der Waals surface area contributed by atoms with Crippen LogP contribution in [0.5, 0.6) is 0 Å². The highest BCUT2D eigenvalue weighted by Crippen LogP contribution is 2.66. The predicted molar refractivity (Wildman–Crippen MR) is 92.5 cm³/mol. The molecule has 4 nitrogen and oxygen atoms in total. The van der Waals surface area contributed by atoms with E-state index in [9.17, 15) is 15.0 Å². The third kappa shape index (κ3) is 1.94. The van der Waals surface area contributed by atoms with Crippen molar-refractivity contribution < 1.29 is 19.7 Å². The summed E-state index contributed by atoms with van der Waals surface area (Å²) in [4.78, 5) is 13.3. The van der Waals surface area contributed by atoms with Gasteiger partial charge in [-0.1, -0.05) is 26.8 Å². The summed E-state index contributed by atoms with van der Waals surface area (Å²) in [7, 11) is 0. The zero-order valence-corrected chi connectivity index (χ0v) is 15.7. The number of rotatable bonds is 1. The minimum absolute atomic E-state index is 0.0233. The summed E-state index contributed by atoms with van der Waals surface area (Å²) in [5.74, 6) is -0.143. The molecule has 1 heterocycles. The van der Waals surface area contributed by atoms with Gasteiger partial charge in [0.1, 0.15) is 5.60 Å². The molecule has 4 heteroatoms. The van der Waals surface area contributed by atoms with Gasteiger partial charge in [0.2, 0.25) is 0 Å². The maximum atomic E-state index is 13.3. The number of aliphatic hydroxyl groups is 2. The van der Waals surface area contributed by atoms with Gasteiger partial charge in [0, 0.05) is 11.8 Å². The molecular formula is C20H32O4. The average Bonchev–Trinajstić information content (AvgIpc) is 2.47. The van der Waals surface area contributed by atoms with Gasteiger partial charge in [0.25, 0.3) is 0 Å². The molecule has 1 aliphatic heterocycles. The van der Waals surface area contributed by atoms with Crippen molar-refractivity contribution in [3.8, 4) is 0 Å². The lowest BCUT2D eigenvalue weighted by molar-refractivity contribution is -0.324. The van der Waals surface area contributed by atoms with Gasteiger partial charge in [-0.05, 0) is 50.9 Å². The number of aliphatic hydroxyl groups excluding tert-OH is 1. The molecule has 2 aliphatic carbocycles. The molecule has 2 saturated carbocycles. The number of hydrogen-bond acceptors (Lipinski definition) is 4. The predicted octanol–water partition coefficient (Wildman–Crippen LogP) is 3.01. The Bertz CT molecular complexity index is 584. The van der Waals surface area contributed by atoms with Crippen molar-refractivity contribution in [1.29, 1.82) is 0 Å². The Morgan fingerprint density at radius 1 is 1.17 bits per heavy atom. The van der Waals surface area contributed by atoms with Crippen molar-refractivity contribution in [2.24, 2.45) is 16.7 Å². The molecule has 2 N–H and O–H groups in total. The van der Waals surface area contributed by atoms with E-state index in [1.54, 1.807) is 6.08 Å². The summed E-state index contributed by atoms with van der Waals surface area (Å²) in [6.07, 6.45) is 3.99. The van der Waals surface area contributed by atoms with Crippen molar-refractivity contribution in [3.05, 3.63) is 12.7 Å². The fourth-order valence-corrected chi connectivity index (χ4v) is 6.21. The fraction of sp³-hybridized carbons (Fsp3) is 0.850. The lowest BCUT2D eigenvalue weighted by atomic mass is 9.41. The van der Waals surface area contributed by atoms with Crippen molar-refractivity contribution in [2.45, 2.75) is 89.6 Å². The van der Waals surface area contributed by atoms with Crippen molar-refractivity contribution >= 4 is 5.78 Å². The largest absolute Gasteiger partial charge is 0.392 e. The molecule has 0 bridgehead atoms. The smallest absolute Gasteiger partial charge is 0.171 e. The third-order valence-electron chi connectivity index (χ3n) is 7.68. The first-order chi connectivity index (χ1) is 10.9. The molecule has 3 fully saturated rings.